The number of rotatable bonds is 5. The van der Waals surface area contributed by atoms with E-state index in [1.807, 2.05) is 48.5 Å². The van der Waals surface area contributed by atoms with Gasteiger partial charge in [-0.1, -0.05) is 23.4 Å². The summed E-state index contributed by atoms with van der Waals surface area (Å²) in [6.07, 6.45) is 0. The van der Waals surface area contributed by atoms with Crippen molar-refractivity contribution in [1.29, 1.82) is 0 Å². The maximum atomic E-state index is 5.83. The molecule has 0 aliphatic heterocycles. The number of benzene rings is 2. The second-order valence-electron chi connectivity index (χ2n) is 4.93. The zero-order valence-corrected chi connectivity index (χ0v) is 13.1. The number of hydrogen-bond donors (Lipinski definition) is 1. The summed E-state index contributed by atoms with van der Waals surface area (Å²) in [5.74, 6) is 1.52. The molecule has 0 aliphatic carbocycles. The minimum Gasteiger partial charge on any atom is -0.497 e. The van der Waals surface area contributed by atoms with Crippen molar-refractivity contribution in [3.05, 3.63) is 54.2 Å². The van der Waals surface area contributed by atoms with Crippen LogP contribution in [0.1, 0.15) is 5.69 Å². The zero-order chi connectivity index (χ0) is 16.2. The summed E-state index contributed by atoms with van der Waals surface area (Å²) in [7, 11) is 3.27. The highest BCUT2D eigenvalue weighted by Gasteiger charge is 2.16. The van der Waals surface area contributed by atoms with Crippen molar-refractivity contribution in [1.82, 2.24) is 15.0 Å². The molecule has 3 rings (SSSR count). The lowest BCUT2D eigenvalue weighted by Crippen LogP contribution is -2.03. The van der Waals surface area contributed by atoms with Crippen LogP contribution in [0.5, 0.6) is 11.5 Å². The number of ether oxygens (including phenoxy) is 2. The van der Waals surface area contributed by atoms with E-state index in [0.717, 1.165) is 34.1 Å². The van der Waals surface area contributed by atoms with Crippen LogP contribution in [0.2, 0.25) is 0 Å². The third kappa shape index (κ3) is 2.89. The average Bonchev–Trinajstić information content (AvgIpc) is 3.06. The molecule has 0 unspecified atom stereocenters. The molecule has 2 aromatic carbocycles. The van der Waals surface area contributed by atoms with Crippen LogP contribution in [0.15, 0.2) is 48.5 Å². The SMILES string of the molecule is COc1cccc(-c2c(CN)nnn2-c2cccc(OC)c2)c1. The molecule has 0 saturated carbocycles. The first-order chi connectivity index (χ1) is 11.3. The van der Waals surface area contributed by atoms with Crippen LogP contribution in [0, 0.1) is 0 Å². The predicted octanol–water partition coefficient (Wildman–Crippen LogP) is 2.41. The molecule has 0 aliphatic rings. The van der Waals surface area contributed by atoms with Crippen molar-refractivity contribution in [3.63, 3.8) is 0 Å². The second-order valence-corrected chi connectivity index (χ2v) is 4.93. The van der Waals surface area contributed by atoms with Crippen LogP contribution in [-0.2, 0) is 6.54 Å². The highest BCUT2D eigenvalue weighted by molar-refractivity contribution is 5.66. The van der Waals surface area contributed by atoms with Gasteiger partial charge in [-0.25, -0.2) is 4.68 Å². The number of hydrogen-bond acceptors (Lipinski definition) is 5. The minimum atomic E-state index is 0.302. The van der Waals surface area contributed by atoms with Gasteiger partial charge >= 0.3 is 0 Å². The van der Waals surface area contributed by atoms with Crippen LogP contribution in [-0.4, -0.2) is 29.2 Å². The van der Waals surface area contributed by atoms with E-state index in [-0.39, 0.29) is 0 Å². The summed E-state index contributed by atoms with van der Waals surface area (Å²) >= 11 is 0. The van der Waals surface area contributed by atoms with Gasteiger partial charge in [0.1, 0.15) is 17.2 Å². The monoisotopic (exact) mass is 310 g/mol. The Bertz CT molecular complexity index is 814. The summed E-state index contributed by atoms with van der Waals surface area (Å²) in [4.78, 5) is 0. The number of methoxy groups -OCH3 is 2. The van der Waals surface area contributed by atoms with E-state index >= 15 is 0 Å². The number of nitrogens with two attached hydrogens (primary N) is 1. The van der Waals surface area contributed by atoms with Gasteiger partial charge in [0.15, 0.2) is 0 Å². The van der Waals surface area contributed by atoms with Gasteiger partial charge in [0.05, 0.1) is 25.6 Å². The van der Waals surface area contributed by atoms with E-state index in [2.05, 4.69) is 10.3 Å². The van der Waals surface area contributed by atoms with Gasteiger partial charge in [-0.3, -0.25) is 0 Å². The van der Waals surface area contributed by atoms with Gasteiger partial charge in [0, 0.05) is 18.2 Å². The lowest BCUT2D eigenvalue weighted by molar-refractivity contribution is 0.414. The Morgan fingerprint density at radius 2 is 1.70 bits per heavy atom. The van der Waals surface area contributed by atoms with Crippen LogP contribution >= 0.6 is 0 Å². The number of aromatic nitrogens is 3. The smallest absolute Gasteiger partial charge is 0.121 e. The summed E-state index contributed by atoms with van der Waals surface area (Å²) in [5.41, 5.74) is 9.20. The molecule has 6 heteroatoms. The third-order valence-corrected chi connectivity index (χ3v) is 3.57. The summed E-state index contributed by atoms with van der Waals surface area (Å²) in [6.45, 7) is 0.302. The number of nitrogens with zero attached hydrogens (tertiary/aromatic N) is 3. The van der Waals surface area contributed by atoms with Crippen molar-refractivity contribution in [2.45, 2.75) is 6.54 Å². The predicted molar refractivity (Wildman–Crippen MR) is 87.8 cm³/mol. The first-order valence-electron chi connectivity index (χ1n) is 7.20. The van der Waals surface area contributed by atoms with Crippen LogP contribution in [0.3, 0.4) is 0 Å². The second kappa shape index (κ2) is 6.50. The molecular weight excluding hydrogens is 292 g/mol. The van der Waals surface area contributed by atoms with E-state index in [9.17, 15) is 0 Å². The lowest BCUT2D eigenvalue weighted by atomic mass is 10.1. The molecule has 1 aromatic heterocycles. The van der Waals surface area contributed by atoms with E-state index < -0.39 is 0 Å². The van der Waals surface area contributed by atoms with Crippen LogP contribution in [0.4, 0.5) is 0 Å². The molecule has 0 amide bonds. The molecule has 2 N–H and O–H groups in total. The maximum Gasteiger partial charge on any atom is 0.121 e. The van der Waals surface area contributed by atoms with Crippen molar-refractivity contribution in [3.8, 4) is 28.4 Å². The molecule has 0 saturated heterocycles. The summed E-state index contributed by atoms with van der Waals surface area (Å²) < 4.78 is 12.4. The van der Waals surface area contributed by atoms with Crippen molar-refractivity contribution >= 4 is 0 Å². The summed E-state index contributed by atoms with van der Waals surface area (Å²) in [6, 6.07) is 15.4. The summed E-state index contributed by atoms with van der Waals surface area (Å²) in [5, 5.41) is 8.46. The normalized spacial score (nSPS) is 10.6. The zero-order valence-electron chi connectivity index (χ0n) is 13.1. The van der Waals surface area contributed by atoms with Gasteiger partial charge in [-0.2, -0.15) is 0 Å². The van der Waals surface area contributed by atoms with Gasteiger partial charge in [-0.05, 0) is 24.3 Å². The van der Waals surface area contributed by atoms with Crippen LogP contribution in [0.25, 0.3) is 16.9 Å². The molecule has 0 bridgehead atoms. The lowest BCUT2D eigenvalue weighted by Gasteiger charge is -2.10. The maximum absolute atomic E-state index is 5.83. The molecule has 1 heterocycles. The van der Waals surface area contributed by atoms with Crippen LogP contribution < -0.4 is 15.2 Å². The van der Waals surface area contributed by atoms with Gasteiger partial charge in [-0.15, -0.1) is 5.10 Å². The van der Waals surface area contributed by atoms with Gasteiger partial charge in [0.2, 0.25) is 0 Å². The topological polar surface area (TPSA) is 75.2 Å². The van der Waals surface area contributed by atoms with Crippen molar-refractivity contribution in [2.75, 3.05) is 14.2 Å². The van der Waals surface area contributed by atoms with Gasteiger partial charge in [0.25, 0.3) is 0 Å². The molecule has 23 heavy (non-hydrogen) atoms. The molecule has 0 radical (unpaired) electrons. The Morgan fingerprint density at radius 1 is 1.00 bits per heavy atom. The van der Waals surface area contributed by atoms with Gasteiger partial charge < -0.3 is 15.2 Å². The van der Waals surface area contributed by atoms with E-state index in [0.29, 0.717) is 6.54 Å². The van der Waals surface area contributed by atoms with Crippen molar-refractivity contribution in [2.24, 2.45) is 5.73 Å². The molecule has 0 spiro atoms. The Balaban J connectivity index is 2.17. The standard InChI is InChI=1S/C17H18N4O2/c1-22-14-7-3-5-12(9-14)17-16(11-18)19-20-21(17)13-6-4-8-15(10-13)23-2/h3-10H,11,18H2,1-2H3. The Kier molecular flexibility index (Phi) is 4.25. The Labute approximate surface area is 134 Å². The first kappa shape index (κ1) is 15.1. The van der Waals surface area contributed by atoms with E-state index in [4.69, 9.17) is 15.2 Å². The average molecular weight is 310 g/mol. The van der Waals surface area contributed by atoms with E-state index in [1.54, 1.807) is 18.9 Å². The Hall–Kier alpha value is -2.86. The fraction of sp³-hybridized carbons (Fsp3) is 0.176. The molecular formula is C17H18N4O2. The molecule has 6 nitrogen and oxygen atoms in total. The van der Waals surface area contributed by atoms with Crippen molar-refractivity contribution < 1.29 is 9.47 Å². The highest BCUT2D eigenvalue weighted by atomic mass is 16.5. The molecule has 0 atom stereocenters. The molecule has 3 aromatic rings. The molecule has 118 valence electrons. The first-order valence-corrected chi connectivity index (χ1v) is 7.20. The Morgan fingerprint density at radius 3 is 2.39 bits per heavy atom. The minimum absolute atomic E-state index is 0.302. The molecule has 0 fully saturated rings. The quantitative estimate of drug-likeness (QED) is 0.783. The van der Waals surface area contributed by atoms with E-state index in [1.165, 1.54) is 0 Å². The fourth-order valence-corrected chi connectivity index (χ4v) is 2.43. The fourth-order valence-electron chi connectivity index (χ4n) is 2.43. The largest absolute Gasteiger partial charge is 0.497 e. The third-order valence-electron chi connectivity index (χ3n) is 3.57. The highest BCUT2D eigenvalue weighted by Crippen LogP contribution is 2.28.